The third-order valence-electron chi connectivity index (χ3n) is 3.24. The van der Waals surface area contributed by atoms with Gasteiger partial charge in [0.05, 0.1) is 25.6 Å². The lowest BCUT2D eigenvalue weighted by Gasteiger charge is -2.11. The van der Waals surface area contributed by atoms with Crippen LogP contribution in [0.4, 0.5) is 5.69 Å². The molecule has 0 saturated heterocycles. The van der Waals surface area contributed by atoms with Gasteiger partial charge in [-0.05, 0) is 24.3 Å². The summed E-state index contributed by atoms with van der Waals surface area (Å²) in [6.45, 7) is 1.21. The summed E-state index contributed by atoms with van der Waals surface area (Å²) in [6, 6.07) is 11.0. The van der Waals surface area contributed by atoms with Crippen LogP contribution in [0, 0.1) is 0 Å². The van der Waals surface area contributed by atoms with Crippen LogP contribution in [-0.4, -0.2) is 31.7 Å². The molecule has 0 aliphatic heterocycles. The van der Waals surface area contributed by atoms with Crippen LogP contribution in [0.1, 0.15) is 12.1 Å². The van der Waals surface area contributed by atoms with Crippen molar-refractivity contribution in [3.05, 3.63) is 48.3 Å². The number of carbonyl (C=O) groups excluding carboxylic acids is 1. The largest absolute Gasteiger partial charge is 0.497 e. The fourth-order valence-corrected chi connectivity index (χ4v) is 2.04. The van der Waals surface area contributed by atoms with Crippen molar-refractivity contribution in [1.29, 1.82) is 0 Å². The zero-order chi connectivity index (χ0) is 16.5. The predicted octanol–water partition coefficient (Wildman–Crippen LogP) is 2.22. The molecule has 0 aliphatic rings. The van der Waals surface area contributed by atoms with Crippen molar-refractivity contribution in [2.45, 2.75) is 13.0 Å². The lowest BCUT2D eigenvalue weighted by Crippen LogP contribution is -2.22. The number of amides is 1. The van der Waals surface area contributed by atoms with Crippen molar-refractivity contribution < 1.29 is 14.3 Å². The average Bonchev–Trinajstić information content (AvgIpc) is 2.60. The van der Waals surface area contributed by atoms with E-state index in [-0.39, 0.29) is 5.91 Å². The third-order valence-corrected chi connectivity index (χ3v) is 3.24. The highest BCUT2D eigenvalue weighted by Gasteiger charge is 2.08. The standard InChI is InChI=1S/C17H21N3O3/c1-22-14-6-7-15(16(11-14)23-2)20-17(21)8-10-18-12-13-5-3-4-9-19-13/h3-7,9,11,18H,8,10,12H2,1-2H3,(H,20,21). The molecule has 6 nitrogen and oxygen atoms in total. The van der Waals surface area contributed by atoms with Crippen LogP contribution in [0.25, 0.3) is 0 Å². The van der Waals surface area contributed by atoms with E-state index in [9.17, 15) is 4.79 Å². The second kappa shape index (κ2) is 8.75. The Hall–Kier alpha value is -2.60. The molecule has 23 heavy (non-hydrogen) atoms. The second-order valence-electron chi connectivity index (χ2n) is 4.86. The van der Waals surface area contributed by atoms with E-state index in [1.165, 1.54) is 0 Å². The molecule has 0 bridgehead atoms. The molecule has 0 radical (unpaired) electrons. The van der Waals surface area contributed by atoms with Crippen molar-refractivity contribution in [2.24, 2.45) is 0 Å². The zero-order valence-electron chi connectivity index (χ0n) is 13.3. The number of hydrogen-bond acceptors (Lipinski definition) is 5. The molecule has 1 heterocycles. The molecule has 2 N–H and O–H groups in total. The van der Waals surface area contributed by atoms with Gasteiger partial charge in [0, 0.05) is 31.8 Å². The summed E-state index contributed by atoms with van der Waals surface area (Å²) in [5, 5.41) is 6.03. The molecular weight excluding hydrogens is 294 g/mol. The van der Waals surface area contributed by atoms with Gasteiger partial charge in [-0.3, -0.25) is 9.78 Å². The third kappa shape index (κ3) is 5.27. The molecule has 0 fully saturated rings. The molecule has 1 aromatic heterocycles. The van der Waals surface area contributed by atoms with Crippen LogP contribution >= 0.6 is 0 Å². The molecule has 122 valence electrons. The summed E-state index contributed by atoms with van der Waals surface area (Å²) in [7, 11) is 3.14. The SMILES string of the molecule is COc1ccc(NC(=O)CCNCc2ccccn2)c(OC)c1. The second-order valence-corrected chi connectivity index (χ2v) is 4.86. The Kier molecular flexibility index (Phi) is 6.38. The van der Waals surface area contributed by atoms with Gasteiger partial charge in [0.15, 0.2) is 0 Å². The number of nitrogens with one attached hydrogen (secondary N) is 2. The van der Waals surface area contributed by atoms with Gasteiger partial charge in [0.25, 0.3) is 0 Å². The van der Waals surface area contributed by atoms with Crippen LogP contribution in [0.15, 0.2) is 42.6 Å². The van der Waals surface area contributed by atoms with E-state index >= 15 is 0 Å². The summed E-state index contributed by atoms with van der Waals surface area (Å²) in [6.07, 6.45) is 2.11. The van der Waals surface area contributed by atoms with Crippen molar-refractivity contribution in [3.63, 3.8) is 0 Å². The fraction of sp³-hybridized carbons (Fsp3) is 0.294. The number of nitrogens with zero attached hydrogens (tertiary/aromatic N) is 1. The molecule has 0 unspecified atom stereocenters. The quantitative estimate of drug-likeness (QED) is 0.731. The minimum atomic E-state index is -0.0815. The Morgan fingerprint density at radius 2 is 2.04 bits per heavy atom. The molecular formula is C17H21N3O3. The number of benzene rings is 1. The van der Waals surface area contributed by atoms with Gasteiger partial charge in [0.1, 0.15) is 11.5 Å². The Morgan fingerprint density at radius 3 is 2.74 bits per heavy atom. The smallest absolute Gasteiger partial charge is 0.225 e. The van der Waals surface area contributed by atoms with E-state index in [1.54, 1.807) is 38.6 Å². The van der Waals surface area contributed by atoms with Crippen molar-refractivity contribution in [2.75, 3.05) is 26.1 Å². The van der Waals surface area contributed by atoms with Gasteiger partial charge >= 0.3 is 0 Å². The monoisotopic (exact) mass is 315 g/mol. The first-order chi connectivity index (χ1) is 11.2. The summed E-state index contributed by atoms with van der Waals surface area (Å²) in [5.74, 6) is 1.16. The van der Waals surface area contributed by atoms with E-state index in [1.807, 2.05) is 18.2 Å². The first kappa shape index (κ1) is 16.8. The average molecular weight is 315 g/mol. The topological polar surface area (TPSA) is 72.5 Å². The minimum Gasteiger partial charge on any atom is -0.497 e. The number of methoxy groups -OCH3 is 2. The van der Waals surface area contributed by atoms with Crippen molar-refractivity contribution >= 4 is 11.6 Å². The highest BCUT2D eigenvalue weighted by molar-refractivity contribution is 5.92. The van der Waals surface area contributed by atoms with Gasteiger partial charge in [-0.15, -0.1) is 0 Å². The Labute approximate surface area is 135 Å². The van der Waals surface area contributed by atoms with E-state index in [0.717, 1.165) is 5.69 Å². The Balaban J connectivity index is 1.78. The molecule has 0 saturated carbocycles. The normalized spacial score (nSPS) is 10.2. The van der Waals surface area contributed by atoms with E-state index in [4.69, 9.17) is 9.47 Å². The predicted molar refractivity (Wildman–Crippen MR) is 88.7 cm³/mol. The van der Waals surface area contributed by atoms with Gasteiger partial charge in [-0.25, -0.2) is 0 Å². The molecule has 1 aromatic carbocycles. The molecule has 1 amide bonds. The molecule has 6 heteroatoms. The van der Waals surface area contributed by atoms with Crippen LogP contribution < -0.4 is 20.1 Å². The Morgan fingerprint density at radius 1 is 1.17 bits per heavy atom. The first-order valence-electron chi connectivity index (χ1n) is 7.35. The maximum absolute atomic E-state index is 12.0. The maximum atomic E-state index is 12.0. The summed E-state index contributed by atoms with van der Waals surface area (Å²) >= 11 is 0. The molecule has 2 rings (SSSR count). The van der Waals surface area contributed by atoms with E-state index in [0.29, 0.717) is 36.7 Å². The number of hydrogen-bond donors (Lipinski definition) is 2. The van der Waals surface area contributed by atoms with E-state index in [2.05, 4.69) is 15.6 Å². The van der Waals surface area contributed by atoms with E-state index < -0.39 is 0 Å². The number of ether oxygens (including phenoxy) is 2. The van der Waals surface area contributed by atoms with Crippen LogP contribution in [-0.2, 0) is 11.3 Å². The molecule has 2 aromatic rings. The summed E-state index contributed by atoms with van der Waals surface area (Å²) in [4.78, 5) is 16.2. The van der Waals surface area contributed by atoms with Crippen molar-refractivity contribution in [3.8, 4) is 11.5 Å². The molecule has 0 atom stereocenters. The Bertz CT molecular complexity index is 632. The van der Waals surface area contributed by atoms with Crippen LogP contribution in [0.2, 0.25) is 0 Å². The first-order valence-corrected chi connectivity index (χ1v) is 7.35. The molecule has 0 aliphatic carbocycles. The van der Waals surface area contributed by atoms with Gasteiger partial charge in [-0.2, -0.15) is 0 Å². The van der Waals surface area contributed by atoms with Gasteiger partial charge in [0.2, 0.25) is 5.91 Å². The van der Waals surface area contributed by atoms with Crippen LogP contribution in [0.5, 0.6) is 11.5 Å². The van der Waals surface area contributed by atoms with Gasteiger partial charge in [-0.1, -0.05) is 6.07 Å². The highest BCUT2D eigenvalue weighted by Crippen LogP contribution is 2.28. The van der Waals surface area contributed by atoms with Crippen molar-refractivity contribution in [1.82, 2.24) is 10.3 Å². The highest BCUT2D eigenvalue weighted by atomic mass is 16.5. The number of pyridine rings is 1. The summed E-state index contributed by atoms with van der Waals surface area (Å²) in [5.41, 5.74) is 1.58. The number of rotatable bonds is 8. The number of aromatic nitrogens is 1. The number of anilines is 1. The minimum absolute atomic E-state index is 0.0815. The lowest BCUT2D eigenvalue weighted by atomic mass is 10.2. The van der Waals surface area contributed by atoms with Gasteiger partial charge < -0.3 is 20.1 Å². The zero-order valence-corrected chi connectivity index (χ0v) is 13.3. The maximum Gasteiger partial charge on any atom is 0.225 e. The summed E-state index contributed by atoms with van der Waals surface area (Å²) < 4.78 is 10.4. The lowest BCUT2D eigenvalue weighted by molar-refractivity contribution is -0.116. The molecule has 0 spiro atoms. The fourth-order valence-electron chi connectivity index (χ4n) is 2.04. The van der Waals surface area contributed by atoms with Crippen LogP contribution in [0.3, 0.4) is 0 Å². The number of carbonyl (C=O) groups is 1.